The van der Waals surface area contributed by atoms with Crippen LogP contribution in [0.2, 0.25) is 0 Å². The third-order valence-electron chi connectivity index (χ3n) is 5.57. The molecule has 1 fully saturated rings. The fourth-order valence-electron chi connectivity index (χ4n) is 4.05. The largest absolute Gasteiger partial charge is 0.416 e. The van der Waals surface area contributed by atoms with Crippen LogP contribution in [0, 0.1) is 0 Å². The van der Waals surface area contributed by atoms with Gasteiger partial charge in [0.25, 0.3) is 0 Å². The maximum atomic E-state index is 13.1. The van der Waals surface area contributed by atoms with Crippen molar-refractivity contribution in [3.8, 4) is 0 Å². The van der Waals surface area contributed by atoms with Gasteiger partial charge in [-0.05, 0) is 41.7 Å². The Morgan fingerprint density at radius 3 is 2.46 bits per heavy atom. The Bertz CT molecular complexity index is 912. The van der Waals surface area contributed by atoms with Crippen molar-refractivity contribution in [2.24, 2.45) is 0 Å². The lowest BCUT2D eigenvalue weighted by Crippen LogP contribution is -2.44. The van der Waals surface area contributed by atoms with Crippen LogP contribution in [0.15, 0.2) is 54.6 Å². The fourth-order valence-corrected chi connectivity index (χ4v) is 4.05. The summed E-state index contributed by atoms with van der Waals surface area (Å²) < 4.78 is 45.3. The van der Waals surface area contributed by atoms with E-state index in [-0.39, 0.29) is 17.1 Å². The van der Waals surface area contributed by atoms with Crippen LogP contribution in [-0.4, -0.2) is 23.9 Å². The molecule has 3 nitrogen and oxygen atoms in total. The predicted octanol–water partition coefficient (Wildman–Crippen LogP) is 4.77. The van der Waals surface area contributed by atoms with Crippen LogP contribution in [0.5, 0.6) is 0 Å². The first-order chi connectivity index (χ1) is 13.4. The van der Waals surface area contributed by atoms with Crippen molar-refractivity contribution in [2.45, 2.75) is 31.2 Å². The molecule has 0 aliphatic carbocycles. The van der Waals surface area contributed by atoms with Gasteiger partial charge in [0.05, 0.1) is 17.8 Å². The second-order valence-electron chi connectivity index (χ2n) is 7.18. The molecule has 2 aliphatic rings. The van der Waals surface area contributed by atoms with E-state index in [2.05, 4.69) is 12.1 Å². The van der Waals surface area contributed by atoms with Crippen molar-refractivity contribution in [2.75, 3.05) is 13.1 Å². The molecule has 6 heteroatoms. The predicted molar refractivity (Wildman–Crippen MR) is 99.2 cm³/mol. The quantitative estimate of drug-likeness (QED) is 0.695. The first kappa shape index (κ1) is 18.7. The van der Waals surface area contributed by atoms with Crippen molar-refractivity contribution >= 4 is 12.0 Å². The highest BCUT2D eigenvalue weighted by Gasteiger charge is 2.42. The standard InChI is InChI=1S/C22H20F3NO2/c23-22(24,25)19-8-4-1-5-16(19)9-10-20(27)26-13-11-21(12-14-26)18-7-3-2-6-17(18)15-28-21/h1-10H,11-15H2/b10-9+. The van der Waals surface area contributed by atoms with Crippen LogP contribution in [0.25, 0.3) is 6.08 Å². The molecular weight excluding hydrogens is 367 g/mol. The highest BCUT2D eigenvalue weighted by Crippen LogP contribution is 2.44. The number of rotatable bonds is 2. The Morgan fingerprint density at radius 2 is 1.71 bits per heavy atom. The Morgan fingerprint density at radius 1 is 1.04 bits per heavy atom. The topological polar surface area (TPSA) is 29.5 Å². The molecule has 2 aromatic carbocycles. The lowest BCUT2D eigenvalue weighted by Gasteiger charge is -2.39. The number of halogens is 3. The number of nitrogens with zero attached hydrogens (tertiary/aromatic N) is 1. The van der Waals surface area contributed by atoms with E-state index in [1.54, 1.807) is 4.90 Å². The van der Waals surface area contributed by atoms with Gasteiger partial charge in [0.1, 0.15) is 0 Å². The highest BCUT2D eigenvalue weighted by molar-refractivity contribution is 5.92. The summed E-state index contributed by atoms with van der Waals surface area (Å²) >= 11 is 0. The average Bonchev–Trinajstić information content (AvgIpc) is 3.05. The van der Waals surface area contributed by atoms with Crippen LogP contribution in [0.4, 0.5) is 13.2 Å². The summed E-state index contributed by atoms with van der Waals surface area (Å²) in [5.74, 6) is -0.280. The van der Waals surface area contributed by atoms with E-state index >= 15 is 0 Å². The number of ether oxygens (including phenoxy) is 1. The van der Waals surface area contributed by atoms with Gasteiger partial charge in [0.15, 0.2) is 0 Å². The monoisotopic (exact) mass is 387 g/mol. The molecule has 4 rings (SSSR count). The number of hydrogen-bond acceptors (Lipinski definition) is 2. The summed E-state index contributed by atoms with van der Waals surface area (Å²) in [6.45, 7) is 1.61. The number of piperidine rings is 1. The smallest absolute Gasteiger partial charge is 0.365 e. The number of carbonyl (C=O) groups excluding carboxylic acids is 1. The zero-order valence-electron chi connectivity index (χ0n) is 15.2. The van der Waals surface area contributed by atoms with Gasteiger partial charge in [0, 0.05) is 19.2 Å². The SMILES string of the molecule is O=C(/C=C/c1ccccc1C(F)(F)F)N1CCC2(CC1)OCc1ccccc12. The Balaban J connectivity index is 1.44. The van der Waals surface area contributed by atoms with E-state index in [4.69, 9.17) is 4.74 Å². The second kappa shape index (κ2) is 7.09. The van der Waals surface area contributed by atoms with Crippen LogP contribution in [0.1, 0.15) is 35.1 Å². The average molecular weight is 387 g/mol. The minimum absolute atomic E-state index is 0.00937. The molecule has 0 unspecified atom stereocenters. The van der Waals surface area contributed by atoms with E-state index in [1.165, 1.54) is 41.5 Å². The first-order valence-corrected chi connectivity index (χ1v) is 9.25. The van der Waals surface area contributed by atoms with Crippen molar-refractivity contribution in [3.63, 3.8) is 0 Å². The zero-order chi connectivity index (χ0) is 19.8. The van der Waals surface area contributed by atoms with Crippen LogP contribution < -0.4 is 0 Å². The van der Waals surface area contributed by atoms with Gasteiger partial charge in [-0.2, -0.15) is 13.2 Å². The van der Waals surface area contributed by atoms with Gasteiger partial charge in [-0.15, -0.1) is 0 Å². The minimum atomic E-state index is -4.45. The van der Waals surface area contributed by atoms with E-state index in [1.807, 2.05) is 12.1 Å². The molecule has 0 saturated carbocycles. The van der Waals surface area contributed by atoms with Crippen molar-refractivity contribution < 1.29 is 22.7 Å². The molecule has 0 atom stereocenters. The molecule has 28 heavy (non-hydrogen) atoms. The Labute approximate surface area is 161 Å². The van der Waals surface area contributed by atoms with Gasteiger partial charge in [-0.1, -0.05) is 42.5 Å². The number of amides is 1. The number of fused-ring (bicyclic) bond motifs is 2. The summed E-state index contributed by atoms with van der Waals surface area (Å²) in [5.41, 5.74) is 1.28. The van der Waals surface area contributed by atoms with Gasteiger partial charge < -0.3 is 9.64 Å². The lowest BCUT2D eigenvalue weighted by atomic mass is 9.84. The zero-order valence-corrected chi connectivity index (χ0v) is 15.2. The third-order valence-corrected chi connectivity index (χ3v) is 5.57. The number of likely N-dealkylation sites (tertiary alicyclic amines) is 1. The van der Waals surface area contributed by atoms with Crippen LogP contribution in [0.3, 0.4) is 0 Å². The third kappa shape index (κ3) is 3.44. The first-order valence-electron chi connectivity index (χ1n) is 9.25. The molecule has 0 radical (unpaired) electrons. The minimum Gasteiger partial charge on any atom is -0.365 e. The molecule has 0 aromatic heterocycles. The molecule has 146 valence electrons. The molecule has 1 spiro atoms. The summed E-state index contributed by atoms with van der Waals surface area (Å²) in [7, 11) is 0. The number of hydrogen-bond donors (Lipinski definition) is 0. The van der Waals surface area contributed by atoms with Crippen molar-refractivity contribution in [1.82, 2.24) is 4.90 Å². The molecule has 1 saturated heterocycles. The molecule has 2 heterocycles. The van der Waals surface area contributed by atoms with E-state index in [9.17, 15) is 18.0 Å². The summed E-state index contributed by atoms with van der Waals surface area (Å²) in [6.07, 6.45) is -0.608. The van der Waals surface area contributed by atoms with E-state index < -0.39 is 11.7 Å². The number of alkyl halides is 3. The van der Waals surface area contributed by atoms with Gasteiger partial charge in [-0.25, -0.2) is 0 Å². The van der Waals surface area contributed by atoms with E-state index in [0.29, 0.717) is 32.5 Å². The Hall–Kier alpha value is -2.60. The molecule has 0 N–H and O–H groups in total. The summed E-state index contributed by atoms with van der Waals surface area (Å²) in [6, 6.07) is 13.4. The maximum absolute atomic E-state index is 13.1. The molecule has 2 aliphatic heterocycles. The van der Waals surface area contributed by atoms with Crippen LogP contribution in [-0.2, 0) is 27.9 Å². The van der Waals surface area contributed by atoms with E-state index in [0.717, 1.165) is 6.07 Å². The van der Waals surface area contributed by atoms with Gasteiger partial charge >= 0.3 is 6.18 Å². The molecule has 0 bridgehead atoms. The second-order valence-corrected chi connectivity index (χ2v) is 7.18. The molecule has 2 aromatic rings. The van der Waals surface area contributed by atoms with Crippen molar-refractivity contribution in [1.29, 1.82) is 0 Å². The summed E-state index contributed by atoms with van der Waals surface area (Å²) in [4.78, 5) is 14.2. The highest BCUT2D eigenvalue weighted by atomic mass is 19.4. The number of carbonyl (C=O) groups is 1. The van der Waals surface area contributed by atoms with Crippen LogP contribution >= 0.6 is 0 Å². The lowest BCUT2D eigenvalue weighted by molar-refractivity contribution is -0.138. The van der Waals surface area contributed by atoms with Gasteiger partial charge in [-0.3, -0.25) is 4.79 Å². The Kier molecular flexibility index (Phi) is 4.75. The molecule has 1 amide bonds. The van der Waals surface area contributed by atoms with Crippen molar-refractivity contribution in [3.05, 3.63) is 76.9 Å². The maximum Gasteiger partial charge on any atom is 0.416 e. The fraction of sp³-hybridized carbons (Fsp3) is 0.318. The number of benzene rings is 2. The normalized spacial score (nSPS) is 18.6. The van der Waals surface area contributed by atoms with Gasteiger partial charge in [0.2, 0.25) is 5.91 Å². The summed E-state index contributed by atoms with van der Waals surface area (Å²) in [5, 5.41) is 0. The molecular formula is C22H20F3NO2.